The van der Waals surface area contributed by atoms with Gasteiger partial charge in [0.1, 0.15) is 17.2 Å². The summed E-state index contributed by atoms with van der Waals surface area (Å²) in [6, 6.07) is 9.52. The zero-order chi connectivity index (χ0) is 22.3. The lowest BCUT2D eigenvalue weighted by Gasteiger charge is -2.33. The lowest BCUT2D eigenvalue weighted by atomic mass is 9.96. The van der Waals surface area contributed by atoms with Crippen LogP contribution in [0.5, 0.6) is 0 Å². The van der Waals surface area contributed by atoms with Crippen LogP contribution in [0.15, 0.2) is 46.0 Å². The topological polar surface area (TPSA) is 88.7 Å². The molecule has 3 heterocycles. The van der Waals surface area contributed by atoms with Crippen LogP contribution in [0.4, 0.5) is 0 Å². The van der Waals surface area contributed by atoms with Crippen molar-refractivity contribution in [1.82, 2.24) is 18.8 Å². The van der Waals surface area contributed by atoms with Crippen molar-refractivity contribution in [3.63, 3.8) is 0 Å². The van der Waals surface area contributed by atoms with Gasteiger partial charge >= 0.3 is 0 Å². The fourth-order valence-electron chi connectivity index (χ4n) is 4.00. The number of para-hydroxylation sites is 1. The molecule has 0 N–H and O–H groups in total. The number of fused-ring (bicyclic) bond motifs is 1. The molecule has 0 spiro atoms. The Balaban J connectivity index is 1.41. The van der Waals surface area contributed by atoms with Crippen molar-refractivity contribution in [2.45, 2.75) is 37.8 Å². The second-order valence-corrected chi connectivity index (χ2v) is 10.1. The third-order valence-corrected chi connectivity index (χ3v) is 8.05. The number of carbonyl (C=O) groups excluding carboxylic acids is 1. The number of hydrogen-bond acceptors (Lipinski definition) is 5. The molecule has 0 bridgehead atoms. The summed E-state index contributed by atoms with van der Waals surface area (Å²) in [6.07, 6.45) is 2.51. The van der Waals surface area contributed by atoms with Crippen molar-refractivity contribution >= 4 is 26.9 Å². The van der Waals surface area contributed by atoms with Gasteiger partial charge in [-0.2, -0.15) is 4.31 Å². The first kappa shape index (κ1) is 21.6. The third kappa shape index (κ3) is 3.99. The third-order valence-electron chi connectivity index (χ3n) is 6.28. The van der Waals surface area contributed by atoms with Crippen molar-refractivity contribution in [3.05, 3.63) is 48.1 Å². The van der Waals surface area contributed by atoms with Crippen LogP contribution in [0.3, 0.4) is 0 Å². The molecule has 1 amide bonds. The van der Waals surface area contributed by atoms with E-state index in [-0.39, 0.29) is 22.9 Å². The maximum absolute atomic E-state index is 13.1. The van der Waals surface area contributed by atoms with E-state index in [4.69, 9.17) is 4.42 Å². The van der Waals surface area contributed by atoms with Crippen LogP contribution in [0.25, 0.3) is 11.0 Å². The maximum Gasteiger partial charge on any atom is 0.262 e. The van der Waals surface area contributed by atoms with E-state index in [1.54, 1.807) is 30.5 Å². The van der Waals surface area contributed by atoms with E-state index in [2.05, 4.69) is 4.98 Å². The minimum atomic E-state index is -3.65. The molecule has 9 heteroatoms. The number of amides is 1. The van der Waals surface area contributed by atoms with Crippen molar-refractivity contribution in [2.24, 2.45) is 13.0 Å². The van der Waals surface area contributed by atoms with E-state index in [1.807, 2.05) is 37.3 Å². The molecular formula is C22H28N4O4S. The van der Waals surface area contributed by atoms with Gasteiger partial charge in [-0.1, -0.05) is 18.2 Å². The number of imidazole rings is 1. The smallest absolute Gasteiger partial charge is 0.262 e. The Kier molecular flexibility index (Phi) is 5.65. The van der Waals surface area contributed by atoms with Crippen molar-refractivity contribution in [3.8, 4) is 0 Å². The fourth-order valence-corrected chi connectivity index (χ4v) is 5.50. The highest BCUT2D eigenvalue weighted by molar-refractivity contribution is 7.89. The van der Waals surface area contributed by atoms with Gasteiger partial charge in [-0.05, 0) is 38.8 Å². The van der Waals surface area contributed by atoms with Crippen LogP contribution < -0.4 is 0 Å². The molecular weight excluding hydrogens is 416 g/mol. The summed E-state index contributed by atoms with van der Waals surface area (Å²) in [5.74, 6) is 1.18. The van der Waals surface area contributed by atoms with Gasteiger partial charge in [-0.15, -0.1) is 0 Å². The predicted molar refractivity (Wildman–Crippen MR) is 117 cm³/mol. The largest absolute Gasteiger partial charge is 0.459 e. The lowest BCUT2D eigenvalue weighted by molar-refractivity contribution is -0.137. The zero-order valence-corrected chi connectivity index (χ0v) is 19.1. The second-order valence-electron chi connectivity index (χ2n) is 8.23. The SMILES string of the molecule is Cc1nc(S(=O)(=O)N2CCC(C(=O)N(C)C(C)c3cc4ccccc4o3)CC2)cn1C. The van der Waals surface area contributed by atoms with Crippen molar-refractivity contribution < 1.29 is 17.6 Å². The standard InChI is InChI=1S/C22H28N4O4S/c1-15(20-13-18-7-5-6-8-19(18)30-20)25(4)22(27)17-9-11-26(12-10-17)31(28,29)21-14-24(3)16(2)23-21/h5-8,13-15,17H,9-12H2,1-4H3. The Bertz CT molecular complexity index is 1150. The van der Waals surface area contributed by atoms with E-state index in [1.165, 1.54) is 10.5 Å². The summed E-state index contributed by atoms with van der Waals surface area (Å²) in [4.78, 5) is 19.0. The van der Waals surface area contributed by atoms with Crippen molar-refractivity contribution in [1.29, 1.82) is 0 Å². The van der Waals surface area contributed by atoms with Gasteiger partial charge in [-0.3, -0.25) is 4.79 Å². The quantitative estimate of drug-likeness (QED) is 0.603. The zero-order valence-electron chi connectivity index (χ0n) is 18.3. The first-order valence-electron chi connectivity index (χ1n) is 10.4. The molecule has 1 saturated heterocycles. The van der Waals surface area contributed by atoms with Crippen molar-refractivity contribution in [2.75, 3.05) is 20.1 Å². The molecule has 0 aliphatic carbocycles. The number of rotatable bonds is 5. The number of aromatic nitrogens is 2. The van der Waals surface area contributed by atoms with E-state index >= 15 is 0 Å². The van der Waals surface area contributed by atoms with E-state index in [0.29, 0.717) is 31.8 Å². The molecule has 31 heavy (non-hydrogen) atoms. The second kappa shape index (κ2) is 8.12. The summed E-state index contributed by atoms with van der Waals surface area (Å²) in [5.41, 5.74) is 0.800. The molecule has 1 aliphatic heterocycles. The predicted octanol–water partition coefficient (Wildman–Crippen LogP) is 3.10. The Morgan fingerprint density at radius 1 is 1.26 bits per heavy atom. The number of hydrogen-bond donors (Lipinski definition) is 0. The maximum atomic E-state index is 13.1. The Labute approximate surface area is 182 Å². The number of benzene rings is 1. The Morgan fingerprint density at radius 3 is 2.55 bits per heavy atom. The lowest BCUT2D eigenvalue weighted by Crippen LogP contribution is -2.44. The summed E-state index contributed by atoms with van der Waals surface area (Å²) < 4.78 is 34.8. The molecule has 166 valence electrons. The Hall–Kier alpha value is -2.65. The molecule has 3 aromatic rings. The monoisotopic (exact) mass is 444 g/mol. The Morgan fingerprint density at radius 2 is 1.94 bits per heavy atom. The molecule has 2 aromatic heterocycles. The number of furan rings is 1. The molecule has 0 saturated carbocycles. The van der Waals surface area contributed by atoms with Gasteiger partial charge in [-0.25, -0.2) is 13.4 Å². The van der Waals surface area contributed by atoms with Crippen LogP contribution in [0.1, 0.15) is 37.4 Å². The number of piperidine rings is 1. The van der Waals surface area contributed by atoms with Crippen LogP contribution in [-0.2, 0) is 21.9 Å². The number of sulfonamides is 1. The highest BCUT2D eigenvalue weighted by Crippen LogP contribution is 2.30. The molecule has 1 aromatic carbocycles. The summed E-state index contributed by atoms with van der Waals surface area (Å²) in [5, 5.41) is 1.07. The van der Waals surface area contributed by atoms with Crippen LogP contribution >= 0.6 is 0 Å². The molecule has 8 nitrogen and oxygen atoms in total. The minimum Gasteiger partial charge on any atom is -0.459 e. The fraction of sp³-hybridized carbons (Fsp3) is 0.455. The van der Waals surface area contributed by atoms with Gasteiger partial charge < -0.3 is 13.9 Å². The minimum absolute atomic E-state index is 0.0127. The van der Waals surface area contributed by atoms with Crippen LogP contribution in [-0.4, -0.2) is 53.2 Å². The highest BCUT2D eigenvalue weighted by atomic mass is 32.2. The summed E-state index contributed by atoms with van der Waals surface area (Å²) in [7, 11) is -0.0989. The first-order chi connectivity index (χ1) is 14.7. The van der Waals surface area contributed by atoms with Gasteiger partial charge in [0.05, 0.1) is 6.04 Å². The molecule has 1 aliphatic rings. The molecule has 4 rings (SSSR count). The summed E-state index contributed by atoms with van der Waals surface area (Å²) >= 11 is 0. The van der Waals surface area contributed by atoms with Crippen LogP contribution in [0, 0.1) is 12.8 Å². The van der Waals surface area contributed by atoms with Gasteiger partial charge in [0.2, 0.25) is 5.91 Å². The number of nitrogens with zero attached hydrogens (tertiary/aromatic N) is 4. The highest BCUT2D eigenvalue weighted by Gasteiger charge is 2.35. The average molecular weight is 445 g/mol. The van der Waals surface area contributed by atoms with Crippen LogP contribution in [0.2, 0.25) is 0 Å². The van der Waals surface area contributed by atoms with E-state index in [9.17, 15) is 13.2 Å². The van der Waals surface area contributed by atoms with Gasteiger partial charge in [0.15, 0.2) is 5.03 Å². The van der Waals surface area contributed by atoms with Gasteiger partial charge in [0, 0.05) is 44.7 Å². The first-order valence-corrected chi connectivity index (χ1v) is 11.9. The average Bonchev–Trinajstić information content (AvgIpc) is 3.35. The molecule has 1 atom stereocenters. The molecule has 1 unspecified atom stereocenters. The molecule has 0 radical (unpaired) electrons. The van der Waals surface area contributed by atoms with Gasteiger partial charge in [0.25, 0.3) is 10.0 Å². The number of aryl methyl sites for hydroxylation is 2. The normalized spacial score (nSPS) is 17.2. The van der Waals surface area contributed by atoms with E-state index in [0.717, 1.165) is 16.7 Å². The molecule has 1 fully saturated rings. The number of carbonyl (C=O) groups is 1. The summed E-state index contributed by atoms with van der Waals surface area (Å²) in [6.45, 7) is 4.32. The van der Waals surface area contributed by atoms with E-state index < -0.39 is 10.0 Å².